The smallest absolute Gasteiger partial charge is 0.0547 e. The first kappa shape index (κ1) is 17.1. The Morgan fingerprint density at radius 3 is 2.55 bits per heavy atom. The molecule has 0 fully saturated rings. The Kier molecular flexibility index (Phi) is 7.78. The van der Waals surface area contributed by atoms with Crippen molar-refractivity contribution in [2.75, 3.05) is 19.6 Å². The molecule has 1 N–H and O–H groups in total. The highest BCUT2D eigenvalue weighted by Gasteiger charge is 2.18. The van der Waals surface area contributed by atoms with Crippen LogP contribution in [0.3, 0.4) is 0 Å². The largest absolute Gasteiger partial charge is 0.313 e. The Morgan fingerprint density at radius 1 is 1.25 bits per heavy atom. The first-order valence-corrected chi connectivity index (χ1v) is 7.98. The van der Waals surface area contributed by atoms with Gasteiger partial charge in [0, 0.05) is 24.8 Å². The molecule has 2 unspecified atom stereocenters. The lowest BCUT2D eigenvalue weighted by Gasteiger charge is -2.30. The molecule has 1 heterocycles. The number of hydrogen-bond donors (Lipinski definition) is 1. The van der Waals surface area contributed by atoms with Gasteiger partial charge in [0.05, 0.1) is 5.69 Å². The number of pyridine rings is 1. The van der Waals surface area contributed by atoms with Gasteiger partial charge in [0.1, 0.15) is 0 Å². The third-order valence-corrected chi connectivity index (χ3v) is 4.03. The van der Waals surface area contributed by atoms with Gasteiger partial charge in [0.25, 0.3) is 0 Å². The highest BCUT2D eigenvalue weighted by Crippen LogP contribution is 2.11. The van der Waals surface area contributed by atoms with Gasteiger partial charge in [-0.2, -0.15) is 0 Å². The molecule has 0 aromatic carbocycles. The van der Waals surface area contributed by atoms with Gasteiger partial charge in [-0.15, -0.1) is 0 Å². The lowest BCUT2D eigenvalue weighted by molar-refractivity contribution is 0.211. The molecule has 0 aliphatic carbocycles. The van der Waals surface area contributed by atoms with E-state index in [0.717, 1.165) is 31.9 Å². The van der Waals surface area contributed by atoms with E-state index in [4.69, 9.17) is 0 Å². The average Bonchev–Trinajstić information content (AvgIpc) is 2.45. The Bertz CT molecular complexity index is 378. The molecule has 1 aromatic rings. The summed E-state index contributed by atoms with van der Waals surface area (Å²) in [6.45, 7) is 15.2. The molecular formula is C17H31N3. The van der Waals surface area contributed by atoms with Crippen molar-refractivity contribution in [3.05, 3.63) is 29.6 Å². The molecule has 0 bridgehead atoms. The van der Waals surface area contributed by atoms with Gasteiger partial charge in [-0.3, -0.25) is 9.88 Å². The molecule has 0 amide bonds. The average molecular weight is 277 g/mol. The number of hydrogen-bond acceptors (Lipinski definition) is 3. The summed E-state index contributed by atoms with van der Waals surface area (Å²) in [5, 5.41) is 3.63. The van der Waals surface area contributed by atoms with E-state index < -0.39 is 0 Å². The molecular weight excluding hydrogens is 246 g/mol. The molecule has 1 aromatic heterocycles. The highest BCUT2D eigenvalue weighted by atomic mass is 15.2. The summed E-state index contributed by atoms with van der Waals surface area (Å²) >= 11 is 0. The van der Waals surface area contributed by atoms with Crippen molar-refractivity contribution in [3.63, 3.8) is 0 Å². The maximum atomic E-state index is 4.62. The molecule has 0 aliphatic rings. The number of aryl methyl sites for hydroxylation is 1. The Hall–Kier alpha value is -0.930. The summed E-state index contributed by atoms with van der Waals surface area (Å²) < 4.78 is 0. The fourth-order valence-electron chi connectivity index (χ4n) is 2.49. The normalized spacial score (nSPS) is 14.5. The minimum atomic E-state index is 0.565. The summed E-state index contributed by atoms with van der Waals surface area (Å²) in [6.07, 6.45) is 1.22. The second kappa shape index (κ2) is 9.09. The van der Waals surface area contributed by atoms with E-state index in [1.54, 1.807) is 0 Å². The predicted octanol–water partition coefficient (Wildman–Crippen LogP) is 3.24. The molecule has 0 saturated carbocycles. The molecule has 0 spiro atoms. The summed E-state index contributed by atoms with van der Waals surface area (Å²) in [6, 6.07) is 6.85. The second-order valence-electron chi connectivity index (χ2n) is 5.65. The Balaban J connectivity index is 2.64. The molecule has 0 radical (unpaired) electrons. The molecule has 3 nitrogen and oxygen atoms in total. The Labute approximate surface area is 124 Å². The first-order valence-electron chi connectivity index (χ1n) is 7.98. The van der Waals surface area contributed by atoms with E-state index in [-0.39, 0.29) is 0 Å². The zero-order valence-corrected chi connectivity index (χ0v) is 13.8. The van der Waals surface area contributed by atoms with Crippen molar-refractivity contribution in [1.82, 2.24) is 15.2 Å². The third kappa shape index (κ3) is 5.59. The lowest BCUT2D eigenvalue weighted by atomic mass is 9.98. The van der Waals surface area contributed by atoms with E-state index in [0.29, 0.717) is 12.0 Å². The SMILES string of the molecule is CCNC(CN(CC)Cc1cccc(C)n1)C(C)CC. The van der Waals surface area contributed by atoms with Crippen molar-refractivity contribution in [2.45, 2.75) is 53.6 Å². The predicted molar refractivity (Wildman–Crippen MR) is 86.8 cm³/mol. The standard InChI is InChI=1S/C17H31N3/c1-6-14(4)17(18-7-2)13-20(8-3)12-16-11-9-10-15(5)19-16/h9-11,14,17-18H,6-8,12-13H2,1-5H3. The van der Waals surface area contributed by atoms with E-state index in [9.17, 15) is 0 Å². The number of nitrogens with zero attached hydrogens (tertiary/aromatic N) is 2. The topological polar surface area (TPSA) is 28.2 Å². The van der Waals surface area contributed by atoms with Gasteiger partial charge in [0.15, 0.2) is 0 Å². The fraction of sp³-hybridized carbons (Fsp3) is 0.706. The maximum Gasteiger partial charge on any atom is 0.0547 e. The highest BCUT2D eigenvalue weighted by molar-refractivity contribution is 5.09. The van der Waals surface area contributed by atoms with E-state index in [1.165, 1.54) is 12.1 Å². The van der Waals surface area contributed by atoms with Crippen LogP contribution in [0.25, 0.3) is 0 Å². The summed E-state index contributed by atoms with van der Waals surface area (Å²) in [5.41, 5.74) is 2.27. The number of rotatable bonds is 9. The van der Waals surface area contributed by atoms with Crippen LogP contribution in [0.2, 0.25) is 0 Å². The lowest BCUT2D eigenvalue weighted by Crippen LogP contribution is -2.44. The summed E-state index contributed by atoms with van der Waals surface area (Å²) in [4.78, 5) is 7.10. The van der Waals surface area contributed by atoms with Crippen molar-refractivity contribution in [3.8, 4) is 0 Å². The summed E-state index contributed by atoms with van der Waals surface area (Å²) in [5.74, 6) is 0.703. The van der Waals surface area contributed by atoms with Crippen LogP contribution in [0.5, 0.6) is 0 Å². The van der Waals surface area contributed by atoms with Gasteiger partial charge in [-0.1, -0.05) is 40.2 Å². The quantitative estimate of drug-likeness (QED) is 0.751. The van der Waals surface area contributed by atoms with Gasteiger partial charge in [0.2, 0.25) is 0 Å². The fourth-order valence-corrected chi connectivity index (χ4v) is 2.49. The number of aromatic nitrogens is 1. The van der Waals surface area contributed by atoms with E-state index >= 15 is 0 Å². The van der Waals surface area contributed by atoms with Crippen molar-refractivity contribution in [2.24, 2.45) is 5.92 Å². The van der Waals surface area contributed by atoms with E-state index in [2.05, 4.69) is 68.0 Å². The second-order valence-corrected chi connectivity index (χ2v) is 5.65. The Morgan fingerprint density at radius 2 is 2.00 bits per heavy atom. The van der Waals surface area contributed by atoms with Gasteiger partial charge >= 0.3 is 0 Å². The third-order valence-electron chi connectivity index (χ3n) is 4.03. The van der Waals surface area contributed by atoms with Crippen LogP contribution in [0.15, 0.2) is 18.2 Å². The minimum Gasteiger partial charge on any atom is -0.313 e. The zero-order chi connectivity index (χ0) is 15.0. The number of likely N-dealkylation sites (N-methyl/N-ethyl adjacent to an activating group) is 2. The minimum absolute atomic E-state index is 0.565. The molecule has 114 valence electrons. The van der Waals surface area contributed by atoms with Gasteiger partial charge in [-0.25, -0.2) is 0 Å². The molecule has 0 saturated heterocycles. The molecule has 2 atom stereocenters. The number of nitrogens with one attached hydrogen (secondary N) is 1. The van der Waals surface area contributed by atoms with E-state index in [1.807, 2.05) is 0 Å². The van der Waals surface area contributed by atoms with Crippen LogP contribution in [0.1, 0.15) is 45.5 Å². The van der Waals surface area contributed by atoms with Crippen LogP contribution in [-0.2, 0) is 6.54 Å². The molecule has 3 heteroatoms. The van der Waals surface area contributed by atoms with Crippen LogP contribution >= 0.6 is 0 Å². The van der Waals surface area contributed by atoms with Crippen LogP contribution in [0.4, 0.5) is 0 Å². The van der Waals surface area contributed by atoms with Gasteiger partial charge < -0.3 is 5.32 Å². The molecule has 20 heavy (non-hydrogen) atoms. The summed E-state index contributed by atoms with van der Waals surface area (Å²) in [7, 11) is 0. The maximum absolute atomic E-state index is 4.62. The van der Waals surface area contributed by atoms with Crippen LogP contribution in [0, 0.1) is 12.8 Å². The zero-order valence-electron chi connectivity index (χ0n) is 13.8. The first-order chi connectivity index (χ1) is 9.60. The van der Waals surface area contributed by atoms with Crippen molar-refractivity contribution < 1.29 is 0 Å². The van der Waals surface area contributed by atoms with Crippen molar-refractivity contribution in [1.29, 1.82) is 0 Å². The monoisotopic (exact) mass is 277 g/mol. The van der Waals surface area contributed by atoms with Crippen LogP contribution < -0.4 is 5.32 Å². The molecule has 1 rings (SSSR count). The van der Waals surface area contributed by atoms with Crippen LogP contribution in [-0.4, -0.2) is 35.6 Å². The van der Waals surface area contributed by atoms with Crippen molar-refractivity contribution >= 4 is 0 Å². The van der Waals surface area contributed by atoms with Gasteiger partial charge in [-0.05, 0) is 38.1 Å². The molecule has 0 aliphatic heterocycles.